The van der Waals surface area contributed by atoms with Crippen LogP contribution in [0.4, 0.5) is 0 Å². The SMILES string of the molecule is c1ccc(-c2nc3c(ccc4c3ccc3cncnc34)[nH]2)cc1. The van der Waals surface area contributed by atoms with Crippen molar-refractivity contribution in [3.63, 3.8) is 0 Å². The van der Waals surface area contributed by atoms with Gasteiger partial charge in [0, 0.05) is 27.9 Å². The van der Waals surface area contributed by atoms with E-state index in [4.69, 9.17) is 4.98 Å². The molecule has 0 aliphatic carbocycles. The second-order valence-corrected chi connectivity index (χ2v) is 5.53. The third-order valence-electron chi connectivity index (χ3n) is 4.17. The van der Waals surface area contributed by atoms with E-state index in [1.807, 2.05) is 30.5 Å². The van der Waals surface area contributed by atoms with Gasteiger partial charge in [-0.3, -0.25) is 0 Å². The zero-order chi connectivity index (χ0) is 15.2. The summed E-state index contributed by atoms with van der Waals surface area (Å²) >= 11 is 0. The molecule has 0 atom stereocenters. The summed E-state index contributed by atoms with van der Waals surface area (Å²) in [7, 11) is 0. The number of aromatic nitrogens is 4. The summed E-state index contributed by atoms with van der Waals surface area (Å²) in [6, 6.07) is 18.5. The van der Waals surface area contributed by atoms with Crippen LogP contribution in [0.15, 0.2) is 67.1 Å². The minimum atomic E-state index is 0.885. The molecular formula is C19H12N4. The van der Waals surface area contributed by atoms with Gasteiger partial charge in [-0.15, -0.1) is 0 Å². The molecule has 0 radical (unpaired) electrons. The van der Waals surface area contributed by atoms with Crippen LogP contribution in [0.25, 0.3) is 44.1 Å². The lowest BCUT2D eigenvalue weighted by Crippen LogP contribution is -1.84. The number of nitrogens with one attached hydrogen (secondary N) is 1. The molecule has 2 aromatic heterocycles. The number of benzene rings is 3. The molecule has 0 fully saturated rings. The van der Waals surface area contributed by atoms with Gasteiger partial charge in [-0.1, -0.05) is 42.5 Å². The second-order valence-electron chi connectivity index (χ2n) is 5.53. The molecule has 3 aromatic carbocycles. The predicted molar refractivity (Wildman–Crippen MR) is 92.1 cm³/mol. The monoisotopic (exact) mass is 296 g/mol. The largest absolute Gasteiger partial charge is 0.338 e. The Morgan fingerprint density at radius 2 is 1.61 bits per heavy atom. The molecule has 0 saturated heterocycles. The molecular weight excluding hydrogens is 284 g/mol. The lowest BCUT2D eigenvalue weighted by molar-refractivity contribution is 1.23. The summed E-state index contributed by atoms with van der Waals surface area (Å²) in [5, 5.41) is 3.24. The summed E-state index contributed by atoms with van der Waals surface area (Å²) < 4.78 is 0. The lowest BCUT2D eigenvalue weighted by Gasteiger charge is -2.02. The maximum atomic E-state index is 4.82. The summed E-state index contributed by atoms with van der Waals surface area (Å²) in [4.78, 5) is 16.8. The van der Waals surface area contributed by atoms with E-state index in [1.54, 1.807) is 6.33 Å². The smallest absolute Gasteiger partial charge is 0.138 e. The van der Waals surface area contributed by atoms with Crippen LogP contribution in [0.5, 0.6) is 0 Å². The Hall–Kier alpha value is -3.27. The molecule has 5 rings (SSSR count). The molecule has 0 spiro atoms. The number of hydrogen-bond donors (Lipinski definition) is 1. The first-order chi connectivity index (χ1) is 11.4. The Bertz CT molecular complexity index is 1160. The van der Waals surface area contributed by atoms with Crippen molar-refractivity contribution in [2.75, 3.05) is 0 Å². The molecule has 0 saturated carbocycles. The number of hydrogen-bond acceptors (Lipinski definition) is 3. The maximum Gasteiger partial charge on any atom is 0.138 e. The molecule has 0 unspecified atom stereocenters. The van der Waals surface area contributed by atoms with Crippen molar-refractivity contribution in [2.45, 2.75) is 0 Å². The van der Waals surface area contributed by atoms with Gasteiger partial charge >= 0.3 is 0 Å². The Morgan fingerprint density at radius 1 is 0.783 bits per heavy atom. The van der Waals surface area contributed by atoms with Gasteiger partial charge in [-0.2, -0.15) is 0 Å². The molecule has 4 heteroatoms. The predicted octanol–water partition coefficient (Wildman–Crippen LogP) is 4.33. The van der Waals surface area contributed by atoms with Crippen LogP contribution in [-0.4, -0.2) is 19.9 Å². The van der Waals surface area contributed by atoms with E-state index >= 15 is 0 Å². The highest BCUT2D eigenvalue weighted by Crippen LogP contribution is 2.30. The Morgan fingerprint density at radius 3 is 2.52 bits per heavy atom. The van der Waals surface area contributed by atoms with Crippen molar-refractivity contribution in [3.05, 3.63) is 67.1 Å². The fraction of sp³-hybridized carbons (Fsp3) is 0. The van der Waals surface area contributed by atoms with Crippen LogP contribution < -0.4 is 0 Å². The third kappa shape index (κ3) is 1.82. The molecule has 108 valence electrons. The number of imidazole rings is 1. The second kappa shape index (κ2) is 4.61. The van der Waals surface area contributed by atoms with Crippen molar-refractivity contribution >= 4 is 32.7 Å². The number of rotatable bonds is 1. The molecule has 0 bridgehead atoms. The van der Waals surface area contributed by atoms with Gasteiger partial charge in [-0.25, -0.2) is 15.0 Å². The normalized spacial score (nSPS) is 11.5. The minimum Gasteiger partial charge on any atom is -0.338 e. The van der Waals surface area contributed by atoms with E-state index in [0.29, 0.717) is 0 Å². The van der Waals surface area contributed by atoms with Crippen molar-refractivity contribution in [1.82, 2.24) is 19.9 Å². The van der Waals surface area contributed by atoms with Crippen molar-refractivity contribution in [3.8, 4) is 11.4 Å². The number of H-pyrrole nitrogens is 1. The lowest BCUT2D eigenvalue weighted by atomic mass is 10.1. The van der Waals surface area contributed by atoms with E-state index in [2.05, 4.69) is 45.3 Å². The Labute approximate surface area is 131 Å². The van der Waals surface area contributed by atoms with Crippen LogP contribution in [0.3, 0.4) is 0 Å². The fourth-order valence-electron chi connectivity index (χ4n) is 3.07. The van der Waals surface area contributed by atoms with Crippen LogP contribution in [0.1, 0.15) is 0 Å². The molecule has 23 heavy (non-hydrogen) atoms. The highest BCUT2D eigenvalue weighted by atomic mass is 14.9. The molecule has 4 nitrogen and oxygen atoms in total. The van der Waals surface area contributed by atoms with E-state index in [-0.39, 0.29) is 0 Å². The van der Waals surface area contributed by atoms with Crippen LogP contribution in [0.2, 0.25) is 0 Å². The molecule has 2 heterocycles. The van der Waals surface area contributed by atoms with Crippen molar-refractivity contribution < 1.29 is 0 Å². The number of aromatic amines is 1. The van der Waals surface area contributed by atoms with Crippen molar-refractivity contribution in [1.29, 1.82) is 0 Å². The summed E-state index contributed by atoms with van der Waals surface area (Å²) in [5.41, 5.74) is 4.05. The highest BCUT2D eigenvalue weighted by Gasteiger charge is 2.10. The average Bonchev–Trinajstić information content (AvgIpc) is 3.07. The van der Waals surface area contributed by atoms with Crippen LogP contribution in [-0.2, 0) is 0 Å². The van der Waals surface area contributed by atoms with E-state index < -0.39 is 0 Å². The average molecular weight is 296 g/mol. The Balaban J connectivity index is 1.86. The fourth-order valence-corrected chi connectivity index (χ4v) is 3.07. The summed E-state index contributed by atoms with van der Waals surface area (Å²) in [6.07, 6.45) is 3.43. The van der Waals surface area contributed by atoms with Gasteiger partial charge in [0.1, 0.15) is 12.2 Å². The first-order valence-corrected chi connectivity index (χ1v) is 7.47. The minimum absolute atomic E-state index is 0.885. The summed E-state index contributed by atoms with van der Waals surface area (Å²) in [6.45, 7) is 0. The topological polar surface area (TPSA) is 54.5 Å². The molecule has 0 aliphatic rings. The maximum absolute atomic E-state index is 4.82. The molecule has 0 aliphatic heterocycles. The Kier molecular flexibility index (Phi) is 2.46. The molecule has 5 aromatic rings. The number of nitrogens with zero attached hydrogens (tertiary/aromatic N) is 3. The van der Waals surface area contributed by atoms with Crippen LogP contribution >= 0.6 is 0 Å². The zero-order valence-corrected chi connectivity index (χ0v) is 12.2. The van der Waals surface area contributed by atoms with Crippen LogP contribution in [0, 0.1) is 0 Å². The molecule has 1 N–H and O–H groups in total. The van der Waals surface area contributed by atoms with Crippen molar-refractivity contribution in [2.24, 2.45) is 0 Å². The van der Waals surface area contributed by atoms with Gasteiger partial charge in [-0.05, 0) is 12.1 Å². The van der Waals surface area contributed by atoms with E-state index in [0.717, 1.165) is 44.1 Å². The standard InChI is InChI=1S/C19H12N4/c1-2-4-12(5-3-1)19-22-16-9-8-14-15(18(16)23-19)7-6-13-10-20-11-21-17(13)14/h1-11H,(H,22,23). The molecule has 0 amide bonds. The zero-order valence-electron chi connectivity index (χ0n) is 12.2. The van der Waals surface area contributed by atoms with E-state index in [1.165, 1.54) is 0 Å². The number of fused-ring (bicyclic) bond motifs is 5. The van der Waals surface area contributed by atoms with Gasteiger partial charge in [0.2, 0.25) is 0 Å². The van der Waals surface area contributed by atoms with Gasteiger partial charge in [0.15, 0.2) is 0 Å². The van der Waals surface area contributed by atoms with E-state index in [9.17, 15) is 0 Å². The summed E-state index contributed by atoms with van der Waals surface area (Å²) in [5.74, 6) is 0.885. The third-order valence-corrected chi connectivity index (χ3v) is 4.17. The van der Waals surface area contributed by atoms with Gasteiger partial charge in [0.25, 0.3) is 0 Å². The van der Waals surface area contributed by atoms with Gasteiger partial charge in [0.05, 0.1) is 16.6 Å². The first-order valence-electron chi connectivity index (χ1n) is 7.47. The first kappa shape index (κ1) is 12.3. The highest BCUT2D eigenvalue weighted by molar-refractivity contribution is 6.14. The van der Waals surface area contributed by atoms with Gasteiger partial charge < -0.3 is 4.98 Å². The quantitative estimate of drug-likeness (QED) is 0.468.